The van der Waals surface area contributed by atoms with Crippen molar-refractivity contribution in [1.29, 1.82) is 5.41 Å². The quantitative estimate of drug-likeness (QED) is 0.881. The summed E-state index contributed by atoms with van der Waals surface area (Å²) in [7, 11) is 4.28. The van der Waals surface area contributed by atoms with E-state index in [1.807, 2.05) is 0 Å². The highest BCUT2D eigenvalue weighted by atomic mass is 19.1. The van der Waals surface area contributed by atoms with E-state index in [1.54, 1.807) is 6.07 Å². The van der Waals surface area contributed by atoms with Gasteiger partial charge in [0.05, 0.1) is 0 Å². The number of benzene rings is 1. The maximum Gasteiger partial charge on any atom is 0.128 e. The SMILES string of the molecule is CN1CCN(C)C(CN2Cc3ccc(F)cc3C2=N)C1. The summed E-state index contributed by atoms with van der Waals surface area (Å²) in [5, 5.41) is 8.25. The van der Waals surface area contributed by atoms with Crippen molar-refractivity contribution in [3.8, 4) is 0 Å². The minimum atomic E-state index is -0.259. The third kappa shape index (κ3) is 2.43. The van der Waals surface area contributed by atoms with Gasteiger partial charge in [-0.3, -0.25) is 10.3 Å². The molecule has 1 saturated heterocycles. The van der Waals surface area contributed by atoms with Gasteiger partial charge in [-0.15, -0.1) is 0 Å². The zero-order valence-electron chi connectivity index (χ0n) is 12.1. The van der Waals surface area contributed by atoms with Crippen molar-refractivity contribution < 1.29 is 4.39 Å². The summed E-state index contributed by atoms with van der Waals surface area (Å²) in [4.78, 5) is 6.75. The maximum absolute atomic E-state index is 13.3. The number of fused-ring (bicyclic) bond motifs is 1. The largest absolute Gasteiger partial charge is 0.351 e. The van der Waals surface area contributed by atoms with Crippen LogP contribution in [0.5, 0.6) is 0 Å². The number of nitrogens with zero attached hydrogens (tertiary/aromatic N) is 3. The van der Waals surface area contributed by atoms with E-state index in [0.29, 0.717) is 11.9 Å². The molecule has 0 spiro atoms. The van der Waals surface area contributed by atoms with E-state index in [9.17, 15) is 4.39 Å². The monoisotopic (exact) mass is 276 g/mol. The smallest absolute Gasteiger partial charge is 0.128 e. The van der Waals surface area contributed by atoms with Gasteiger partial charge >= 0.3 is 0 Å². The second-order valence-electron chi connectivity index (χ2n) is 5.93. The predicted molar refractivity (Wildman–Crippen MR) is 77.6 cm³/mol. The molecule has 2 heterocycles. The maximum atomic E-state index is 13.3. The van der Waals surface area contributed by atoms with Gasteiger partial charge < -0.3 is 9.80 Å². The molecule has 4 nitrogen and oxygen atoms in total. The molecule has 1 unspecified atom stereocenters. The first-order chi connectivity index (χ1) is 9.54. The van der Waals surface area contributed by atoms with E-state index < -0.39 is 0 Å². The number of hydrogen-bond donors (Lipinski definition) is 1. The Morgan fingerprint density at radius 1 is 1.30 bits per heavy atom. The summed E-state index contributed by atoms with van der Waals surface area (Å²) >= 11 is 0. The average molecular weight is 276 g/mol. The molecule has 108 valence electrons. The molecular formula is C15H21FN4. The molecule has 1 atom stereocenters. The molecule has 1 aromatic rings. The second kappa shape index (κ2) is 5.14. The minimum Gasteiger partial charge on any atom is -0.351 e. The minimum absolute atomic E-state index is 0.259. The lowest BCUT2D eigenvalue weighted by molar-refractivity contribution is 0.0979. The highest BCUT2D eigenvalue weighted by Crippen LogP contribution is 2.24. The molecule has 3 rings (SSSR count). The number of rotatable bonds is 2. The van der Waals surface area contributed by atoms with Crippen molar-refractivity contribution in [2.24, 2.45) is 0 Å². The third-order valence-electron chi connectivity index (χ3n) is 4.42. The summed E-state index contributed by atoms with van der Waals surface area (Å²) in [6.07, 6.45) is 0. The van der Waals surface area contributed by atoms with Crippen molar-refractivity contribution in [1.82, 2.24) is 14.7 Å². The Hall–Kier alpha value is -1.46. The molecule has 2 aliphatic heterocycles. The molecule has 1 aromatic carbocycles. The van der Waals surface area contributed by atoms with E-state index in [2.05, 4.69) is 28.8 Å². The van der Waals surface area contributed by atoms with Crippen LogP contribution in [0.25, 0.3) is 0 Å². The van der Waals surface area contributed by atoms with Crippen LogP contribution >= 0.6 is 0 Å². The Balaban J connectivity index is 1.72. The molecular weight excluding hydrogens is 255 g/mol. The molecule has 0 aliphatic carbocycles. The molecule has 0 aromatic heterocycles. The summed E-state index contributed by atoms with van der Waals surface area (Å²) in [5.41, 5.74) is 1.81. The summed E-state index contributed by atoms with van der Waals surface area (Å²) in [6, 6.07) is 5.19. The zero-order chi connectivity index (χ0) is 14.3. The number of piperazine rings is 1. The molecule has 0 bridgehead atoms. The van der Waals surface area contributed by atoms with Crippen LogP contribution in [0.15, 0.2) is 18.2 Å². The van der Waals surface area contributed by atoms with Crippen LogP contribution in [0, 0.1) is 11.2 Å². The number of amidine groups is 1. The van der Waals surface area contributed by atoms with Gasteiger partial charge in [-0.1, -0.05) is 6.07 Å². The molecule has 0 amide bonds. The Bertz CT molecular complexity index is 531. The molecule has 5 heteroatoms. The lowest BCUT2D eigenvalue weighted by atomic mass is 10.1. The van der Waals surface area contributed by atoms with Gasteiger partial charge in [0.25, 0.3) is 0 Å². The van der Waals surface area contributed by atoms with Crippen LogP contribution < -0.4 is 0 Å². The highest BCUT2D eigenvalue weighted by Gasteiger charge is 2.30. The number of likely N-dealkylation sites (N-methyl/N-ethyl adjacent to an activating group) is 2. The van der Waals surface area contributed by atoms with Gasteiger partial charge in [-0.25, -0.2) is 4.39 Å². The second-order valence-corrected chi connectivity index (χ2v) is 5.93. The number of nitrogens with one attached hydrogen (secondary N) is 1. The van der Waals surface area contributed by atoms with Crippen molar-refractivity contribution in [3.05, 3.63) is 35.1 Å². The third-order valence-corrected chi connectivity index (χ3v) is 4.42. The fourth-order valence-electron chi connectivity index (χ4n) is 3.07. The van der Waals surface area contributed by atoms with E-state index in [0.717, 1.165) is 43.9 Å². The van der Waals surface area contributed by atoms with Gasteiger partial charge in [0.2, 0.25) is 0 Å². The van der Waals surface area contributed by atoms with E-state index in [-0.39, 0.29) is 5.82 Å². The van der Waals surface area contributed by atoms with Crippen LogP contribution in [0.4, 0.5) is 4.39 Å². The predicted octanol–water partition coefficient (Wildman–Crippen LogP) is 1.21. The summed E-state index contributed by atoms with van der Waals surface area (Å²) < 4.78 is 13.3. The van der Waals surface area contributed by atoms with Crippen LogP contribution in [0.1, 0.15) is 11.1 Å². The van der Waals surface area contributed by atoms with Crippen molar-refractivity contribution in [2.45, 2.75) is 12.6 Å². The first-order valence-electron chi connectivity index (χ1n) is 7.05. The topological polar surface area (TPSA) is 33.6 Å². The van der Waals surface area contributed by atoms with Gasteiger partial charge in [0, 0.05) is 44.3 Å². The number of hydrogen-bond acceptors (Lipinski definition) is 3. The van der Waals surface area contributed by atoms with Crippen molar-refractivity contribution in [3.63, 3.8) is 0 Å². The lowest BCUT2D eigenvalue weighted by Gasteiger charge is -2.39. The van der Waals surface area contributed by atoms with Crippen molar-refractivity contribution >= 4 is 5.84 Å². The standard InChI is InChI=1S/C15H21FN4/c1-18-5-6-19(2)13(9-18)10-20-8-11-3-4-12(16)7-14(11)15(20)17/h3-4,7,13,17H,5-6,8-10H2,1-2H3. The van der Waals surface area contributed by atoms with Gasteiger partial charge in [-0.2, -0.15) is 0 Å². The Morgan fingerprint density at radius 3 is 2.90 bits per heavy atom. The molecule has 2 aliphatic rings. The molecule has 0 saturated carbocycles. The molecule has 20 heavy (non-hydrogen) atoms. The molecule has 1 N–H and O–H groups in total. The van der Waals surface area contributed by atoms with Crippen LogP contribution in [-0.2, 0) is 6.54 Å². The van der Waals surface area contributed by atoms with Crippen LogP contribution in [0.2, 0.25) is 0 Å². The first kappa shape index (κ1) is 13.5. The zero-order valence-corrected chi connectivity index (χ0v) is 12.1. The van der Waals surface area contributed by atoms with E-state index >= 15 is 0 Å². The first-order valence-corrected chi connectivity index (χ1v) is 7.05. The fourth-order valence-corrected chi connectivity index (χ4v) is 3.07. The van der Waals surface area contributed by atoms with Gasteiger partial charge in [-0.05, 0) is 31.8 Å². The molecule has 1 fully saturated rings. The van der Waals surface area contributed by atoms with Gasteiger partial charge in [0.15, 0.2) is 0 Å². The molecule has 0 radical (unpaired) electrons. The van der Waals surface area contributed by atoms with Gasteiger partial charge in [0.1, 0.15) is 11.7 Å². The van der Waals surface area contributed by atoms with Crippen LogP contribution in [-0.4, -0.2) is 66.9 Å². The van der Waals surface area contributed by atoms with E-state index in [1.165, 1.54) is 12.1 Å². The fraction of sp³-hybridized carbons (Fsp3) is 0.533. The normalized spacial score (nSPS) is 24.2. The van der Waals surface area contributed by atoms with Crippen molar-refractivity contribution in [2.75, 3.05) is 40.3 Å². The lowest BCUT2D eigenvalue weighted by Crippen LogP contribution is -2.54. The Kier molecular flexibility index (Phi) is 3.48. The number of halogens is 1. The Morgan fingerprint density at radius 2 is 2.10 bits per heavy atom. The summed E-state index contributed by atoms with van der Waals surface area (Å²) in [5.74, 6) is 0.200. The van der Waals surface area contributed by atoms with E-state index in [4.69, 9.17) is 5.41 Å². The average Bonchev–Trinajstić information content (AvgIpc) is 2.71. The van der Waals surface area contributed by atoms with Crippen LogP contribution in [0.3, 0.4) is 0 Å². The highest BCUT2D eigenvalue weighted by molar-refractivity contribution is 6.00. The Labute approximate surface area is 119 Å². The summed E-state index contributed by atoms with van der Waals surface area (Å²) in [6.45, 7) is 4.73.